The molecule has 0 aliphatic carbocycles. The fourth-order valence-corrected chi connectivity index (χ4v) is 2.16. The summed E-state index contributed by atoms with van der Waals surface area (Å²) in [5.74, 6) is 1.38. The van der Waals surface area contributed by atoms with Gasteiger partial charge < -0.3 is 14.4 Å². The van der Waals surface area contributed by atoms with Gasteiger partial charge in [-0.15, -0.1) is 10.2 Å². The monoisotopic (exact) mass is 225 g/mol. The van der Waals surface area contributed by atoms with Crippen molar-refractivity contribution in [1.82, 2.24) is 15.1 Å². The van der Waals surface area contributed by atoms with E-state index < -0.39 is 6.09 Å². The summed E-state index contributed by atoms with van der Waals surface area (Å²) in [5, 5.41) is 16.7. The minimum absolute atomic E-state index is 0.00320. The first-order valence-corrected chi connectivity index (χ1v) is 5.37. The van der Waals surface area contributed by atoms with E-state index in [0.29, 0.717) is 18.3 Å². The highest BCUT2D eigenvalue weighted by molar-refractivity contribution is 5.65. The second kappa shape index (κ2) is 4.11. The number of amides is 1. The van der Waals surface area contributed by atoms with Gasteiger partial charge in [-0.3, -0.25) is 0 Å². The van der Waals surface area contributed by atoms with Crippen LogP contribution in [0.1, 0.15) is 37.5 Å². The third-order valence-electron chi connectivity index (χ3n) is 3.01. The number of carbonyl (C=O) groups is 1. The Bertz CT molecular complexity index is 390. The van der Waals surface area contributed by atoms with E-state index in [1.54, 1.807) is 6.92 Å². The predicted octanol–water partition coefficient (Wildman–Crippen LogP) is 1.62. The number of nitrogens with zero attached hydrogens (tertiary/aromatic N) is 3. The van der Waals surface area contributed by atoms with Crippen LogP contribution in [-0.2, 0) is 0 Å². The Morgan fingerprint density at radius 3 is 2.81 bits per heavy atom. The standard InChI is InChI=1S/C10H15N3O3/c1-6-5-8(3-4-13(6)10(14)15)9-12-11-7(2)16-9/h6,8H,3-5H2,1-2H3,(H,14,15). The molecule has 16 heavy (non-hydrogen) atoms. The molecule has 1 amide bonds. The van der Waals surface area contributed by atoms with Crippen molar-refractivity contribution in [2.45, 2.75) is 38.6 Å². The minimum Gasteiger partial charge on any atom is -0.465 e. The molecule has 6 heteroatoms. The highest BCUT2D eigenvalue weighted by atomic mass is 16.4. The van der Waals surface area contributed by atoms with Crippen LogP contribution in [-0.4, -0.2) is 38.9 Å². The van der Waals surface area contributed by atoms with Gasteiger partial charge in [0.1, 0.15) is 0 Å². The quantitative estimate of drug-likeness (QED) is 0.785. The molecule has 1 aliphatic rings. The minimum atomic E-state index is -0.854. The molecule has 1 saturated heterocycles. The van der Waals surface area contributed by atoms with E-state index in [1.807, 2.05) is 6.92 Å². The molecule has 2 atom stereocenters. The van der Waals surface area contributed by atoms with Crippen LogP contribution < -0.4 is 0 Å². The Morgan fingerprint density at radius 2 is 2.31 bits per heavy atom. The second-order valence-electron chi connectivity index (χ2n) is 4.21. The van der Waals surface area contributed by atoms with Crippen molar-refractivity contribution in [2.75, 3.05) is 6.54 Å². The van der Waals surface area contributed by atoms with Crippen molar-refractivity contribution >= 4 is 6.09 Å². The second-order valence-corrected chi connectivity index (χ2v) is 4.21. The van der Waals surface area contributed by atoms with Crippen molar-refractivity contribution in [3.63, 3.8) is 0 Å². The maximum absolute atomic E-state index is 10.9. The summed E-state index contributed by atoms with van der Waals surface area (Å²) in [6.07, 6.45) is 0.638. The molecule has 1 N–H and O–H groups in total. The zero-order valence-electron chi connectivity index (χ0n) is 9.38. The van der Waals surface area contributed by atoms with Crippen LogP contribution >= 0.6 is 0 Å². The average Bonchev–Trinajstić information content (AvgIpc) is 2.64. The Balaban J connectivity index is 2.05. The molecule has 1 aromatic heterocycles. The Hall–Kier alpha value is -1.59. The number of hydrogen-bond donors (Lipinski definition) is 1. The molecule has 0 saturated carbocycles. The van der Waals surface area contributed by atoms with Crippen LogP contribution in [0.4, 0.5) is 4.79 Å². The first-order valence-electron chi connectivity index (χ1n) is 5.37. The maximum atomic E-state index is 10.9. The highest BCUT2D eigenvalue weighted by Crippen LogP contribution is 2.30. The van der Waals surface area contributed by atoms with Gasteiger partial charge in [0.25, 0.3) is 0 Å². The van der Waals surface area contributed by atoms with E-state index in [9.17, 15) is 4.79 Å². The fourth-order valence-electron chi connectivity index (χ4n) is 2.16. The third kappa shape index (κ3) is 2.00. The summed E-state index contributed by atoms with van der Waals surface area (Å²) in [6, 6.07) is 0.00320. The van der Waals surface area contributed by atoms with E-state index in [0.717, 1.165) is 12.8 Å². The highest BCUT2D eigenvalue weighted by Gasteiger charge is 2.31. The van der Waals surface area contributed by atoms with E-state index in [4.69, 9.17) is 9.52 Å². The molecule has 1 aromatic rings. The molecule has 88 valence electrons. The normalized spacial score (nSPS) is 25.8. The van der Waals surface area contributed by atoms with Crippen molar-refractivity contribution in [3.05, 3.63) is 11.8 Å². The molecule has 6 nitrogen and oxygen atoms in total. The molecule has 2 heterocycles. The molecule has 0 radical (unpaired) electrons. The Kier molecular flexibility index (Phi) is 2.80. The number of likely N-dealkylation sites (tertiary alicyclic amines) is 1. The number of aryl methyl sites for hydroxylation is 1. The van der Waals surface area contributed by atoms with Crippen molar-refractivity contribution in [1.29, 1.82) is 0 Å². The van der Waals surface area contributed by atoms with E-state index >= 15 is 0 Å². The maximum Gasteiger partial charge on any atom is 0.407 e. The van der Waals surface area contributed by atoms with Gasteiger partial charge in [0.15, 0.2) is 0 Å². The molecular weight excluding hydrogens is 210 g/mol. The van der Waals surface area contributed by atoms with Crippen LogP contribution in [0.2, 0.25) is 0 Å². The Labute approximate surface area is 93.3 Å². The van der Waals surface area contributed by atoms with Crippen LogP contribution in [0.3, 0.4) is 0 Å². The predicted molar refractivity (Wildman–Crippen MR) is 55.2 cm³/mol. The van der Waals surface area contributed by atoms with Gasteiger partial charge in [-0.05, 0) is 19.8 Å². The van der Waals surface area contributed by atoms with Gasteiger partial charge in [-0.1, -0.05) is 0 Å². The van der Waals surface area contributed by atoms with Crippen LogP contribution in [0, 0.1) is 6.92 Å². The lowest BCUT2D eigenvalue weighted by Crippen LogP contribution is -2.43. The molecule has 0 spiro atoms. The fraction of sp³-hybridized carbons (Fsp3) is 0.700. The van der Waals surface area contributed by atoms with Gasteiger partial charge in [-0.25, -0.2) is 4.79 Å². The Morgan fingerprint density at radius 1 is 1.56 bits per heavy atom. The third-order valence-corrected chi connectivity index (χ3v) is 3.01. The van der Waals surface area contributed by atoms with Gasteiger partial charge >= 0.3 is 6.09 Å². The van der Waals surface area contributed by atoms with Crippen molar-refractivity contribution in [2.24, 2.45) is 0 Å². The topological polar surface area (TPSA) is 79.5 Å². The first-order chi connectivity index (χ1) is 7.58. The van der Waals surface area contributed by atoms with Gasteiger partial charge in [0.05, 0.1) is 0 Å². The lowest BCUT2D eigenvalue weighted by molar-refractivity contribution is 0.103. The molecule has 0 bridgehead atoms. The molecular formula is C10H15N3O3. The van der Waals surface area contributed by atoms with Crippen molar-refractivity contribution < 1.29 is 14.3 Å². The summed E-state index contributed by atoms with van der Waals surface area (Å²) in [7, 11) is 0. The molecule has 2 rings (SSSR count). The van der Waals surface area contributed by atoms with Crippen molar-refractivity contribution in [3.8, 4) is 0 Å². The van der Waals surface area contributed by atoms with Gasteiger partial charge in [0.2, 0.25) is 11.8 Å². The van der Waals surface area contributed by atoms with Gasteiger partial charge in [-0.2, -0.15) is 0 Å². The van der Waals surface area contributed by atoms with Crippen LogP contribution in [0.15, 0.2) is 4.42 Å². The summed E-state index contributed by atoms with van der Waals surface area (Å²) < 4.78 is 5.38. The number of hydrogen-bond acceptors (Lipinski definition) is 4. The lowest BCUT2D eigenvalue weighted by Gasteiger charge is -2.34. The summed E-state index contributed by atoms with van der Waals surface area (Å²) in [5.41, 5.74) is 0. The van der Waals surface area contributed by atoms with E-state index in [-0.39, 0.29) is 12.0 Å². The average molecular weight is 225 g/mol. The smallest absolute Gasteiger partial charge is 0.407 e. The number of carboxylic acid groups (broad SMARTS) is 1. The number of rotatable bonds is 1. The molecule has 1 aliphatic heterocycles. The van der Waals surface area contributed by atoms with E-state index in [2.05, 4.69) is 10.2 Å². The molecule has 2 unspecified atom stereocenters. The molecule has 1 fully saturated rings. The lowest BCUT2D eigenvalue weighted by atomic mass is 9.92. The molecule has 0 aromatic carbocycles. The van der Waals surface area contributed by atoms with Gasteiger partial charge in [0, 0.05) is 25.4 Å². The van der Waals surface area contributed by atoms with E-state index in [1.165, 1.54) is 4.90 Å². The summed E-state index contributed by atoms with van der Waals surface area (Å²) in [4.78, 5) is 12.3. The first kappa shape index (κ1) is 10.9. The van der Waals surface area contributed by atoms with Crippen LogP contribution in [0.25, 0.3) is 0 Å². The zero-order valence-corrected chi connectivity index (χ0v) is 9.38. The summed E-state index contributed by atoms with van der Waals surface area (Å²) in [6.45, 7) is 4.19. The van der Waals surface area contributed by atoms with Crippen LogP contribution in [0.5, 0.6) is 0 Å². The summed E-state index contributed by atoms with van der Waals surface area (Å²) >= 11 is 0. The number of piperidine rings is 1. The number of aromatic nitrogens is 2. The SMILES string of the molecule is Cc1nnc(C2CCN(C(=O)O)C(C)C2)o1. The zero-order chi connectivity index (χ0) is 11.7. The largest absolute Gasteiger partial charge is 0.465 e.